The first-order valence-electron chi connectivity index (χ1n) is 9.36. The number of piperidine rings is 1. The molecule has 1 saturated heterocycles. The summed E-state index contributed by atoms with van der Waals surface area (Å²) in [6, 6.07) is 1.69. The molecule has 0 aromatic carbocycles. The maximum Gasteiger partial charge on any atom is 0.345 e. The number of pyridine rings is 1. The average Bonchev–Trinajstić information content (AvgIpc) is 2.96. The standard InChI is InChI=1S/C19H27N5O3/c1-6-24-16(20-22(5)19(24)27)14-8-7-9-23(11-14)18(26)15-10-12(2)13(3)21(4)17(15)25/h10,14H,6-9,11H2,1-5H3/t14-/m1/s1. The lowest BCUT2D eigenvalue weighted by atomic mass is 9.96. The molecule has 8 heteroatoms. The molecule has 1 aliphatic heterocycles. The molecule has 27 heavy (non-hydrogen) atoms. The molecule has 3 rings (SSSR count). The fourth-order valence-corrected chi connectivity index (χ4v) is 3.80. The molecule has 0 radical (unpaired) electrons. The van der Waals surface area contributed by atoms with Gasteiger partial charge in [-0.1, -0.05) is 0 Å². The van der Waals surface area contributed by atoms with Gasteiger partial charge in [0.1, 0.15) is 11.4 Å². The summed E-state index contributed by atoms with van der Waals surface area (Å²) in [4.78, 5) is 39.5. The lowest BCUT2D eigenvalue weighted by Crippen LogP contribution is -2.42. The van der Waals surface area contributed by atoms with E-state index < -0.39 is 0 Å². The van der Waals surface area contributed by atoms with Crippen molar-refractivity contribution in [2.24, 2.45) is 14.1 Å². The minimum atomic E-state index is -0.270. The predicted octanol–water partition coefficient (Wildman–Crippen LogP) is 0.937. The summed E-state index contributed by atoms with van der Waals surface area (Å²) in [5, 5.41) is 4.39. The van der Waals surface area contributed by atoms with E-state index in [9.17, 15) is 14.4 Å². The number of nitrogens with zero attached hydrogens (tertiary/aromatic N) is 5. The number of hydrogen-bond acceptors (Lipinski definition) is 4. The molecule has 2 aromatic rings. The van der Waals surface area contributed by atoms with Crippen LogP contribution in [0, 0.1) is 13.8 Å². The first kappa shape index (κ1) is 19.1. The van der Waals surface area contributed by atoms with Gasteiger partial charge in [-0.15, -0.1) is 0 Å². The fourth-order valence-electron chi connectivity index (χ4n) is 3.80. The average molecular weight is 373 g/mol. The lowest BCUT2D eigenvalue weighted by molar-refractivity contribution is 0.0700. The Morgan fingerprint density at radius 3 is 2.63 bits per heavy atom. The zero-order valence-corrected chi connectivity index (χ0v) is 16.7. The normalized spacial score (nSPS) is 17.4. The largest absolute Gasteiger partial charge is 0.345 e. The smallest absolute Gasteiger partial charge is 0.338 e. The molecule has 0 bridgehead atoms. The topological polar surface area (TPSA) is 82.1 Å². The number of aryl methyl sites for hydroxylation is 2. The van der Waals surface area contributed by atoms with Crippen LogP contribution in [0.15, 0.2) is 15.7 Å². The van der Waals surface area contributed by atoms with Crippen LogP contribution >= 0.6 is 0 Å². The quantitative estimate of drug-likeness (QED) is 0.802. The fraction of sp³-hybridized carbons (Fsp3) is 0.579. The van der Waals surface area contributed by atoms with Gasteiger partial charge in [-0.2, -0.15) is 5.10 Å². The second-order valence-electron chi connectivity index (χ2n) is 7.29. The Labute approximate surface area is 158 Å². The molecule has 1 amide bonds. The van der Waals surface area contributed by atoms with Crippen LogP contribution in [0.25, 0.3) is 0 Å². The van der Waals surface area contributed by atoms with Crippen molar-refractivity contribution < 1.29 is 4.79 Å². The van der Waals surface area contributed by atoms with E-state index >= 15 is 0 Å². The van der Waals surface area contributed by atoms with E-state index in [1.807, 2.05) is 20.8 Å². The van der Waals surface area contributed by atoms with E-state index in [-0.39, 0.29) is 28.6 Å². The zero-order valence-electron chi connectivity index (χ0n) is 16.7. The van der Waals surface area contributed by atoms with E-state index in [1.54, 1.807) is 29.6 Å². The Morgan fingerprint density at radius 2 is 1.96 bits per heavy atom. The molecule has 1 fully saturated rings. The number of carbonyl (C=O) groups is 1. The van der Waals surface area contributed by atoms with E-state index in [1.165, 1.54) is 9.25 Å². The van der Waals surface area contributed by atoms with Crippen molar-refractivity contribution in [1.82, 2.24) is 23.8 Å². The Balaban J connectivity index is 1.92. The van der Waals surface area contributed by atoms with Gasteiger partial charge in [0, 0.05) is 45.3 Å². The minimum absolute atomic E-state index is 0.00746. The van der Waals surface area contributed by atoms with Crippen LogP contribution in [0.1, 0.15) is 53.1 Å². The third-order valence-corrected chi connectivity index (χ3v) is 5.63. The minimum Gasteiger partial charge on any atom is -0.338 e. The zero-order chi connectivity index (χ0) is 19.9. The van der Waals surface area contributed by atoms with E-state index in [0.29, 0.717) is 19.6 Å². The summed E-state index contributed by atoms with van der Waals surface area (Å²) < 4.78 is 4.53. The van der Waals surface area contributed by atoms with Crippen LogP contribution < -0.4 is 11.2 Å². The number of likely N-dealkylation sites (tertiary alicyclic amines) is 1. The molecular formula is C19H27N5O3. The van der Waals surface area contributed by atoms with Crippen LogP contribution in [0.5, 0.6) is 0 Å². The summed E-state index contributed by atoms with van der Waals surface area (Å²) in [5.41, 5.74) is 1.56. The van der Waals surface area contributed by atoms with Crippen LogP contribution in [0.2, 0.25) is 0 Å². The van der Waals surface area contributed by atoms with Crippen LogP contribution in [0.3, 0.4) is 0 Å². The van der Waals surface area contributed by atoms with Gasteiger partial charge in [-0.3, -0.25) is 14.2 Å². The molecule has 3 heterocycles. The number of hydrogen-bond donors (Lipinski definition) is 0. The Hall–Kier alpha value is -2.64. The van der Waals surface area contributed by atoms with Crippen molar-refractivity contribution in [2.75, 3.05) is 13.1 Å². The number of amides is 1. The molecule has 0 spiro atoms. The molecule has 0 unspecified atom stereocenters. The van der Waals surface area contributed by atoms with Crippen molar-refractivity contribution in [3.8, 4) is 0 Å². The second-order valence-corrected chi connectivity index (χ2v) is 7.29. The van der Waals surface area contributed by atoms with Gasteiger partial charge in [-0.25, -0.2) is 9.48 Å². The molecule has 146 valence electrons. The Kier molecular flexibility index (Phi) is 5.08. The van der Waals surface area contributed by atoms with Crippen LogP contribution in [0.4, 0.5) is 0 Å². The molecule has 8 nitrogen and oxygen atoms in total. The van der Waals surface area contributed by atoms with Crippen LogP contribution in [-0.4, -0.2) is 42.8 Å². The van der Waals surface area contributed by atoms with Gasteiger partial charge in [0.25, 0.3) is 11.5 Å². The van der Waals surface area contributed by atoms with E-state index in [0.717, 1.165) is 29.9 Å². The maximum absolute atomic E-state index is 13.1. The van der Waals surface area contributed by atoms with Gasteiger partial charge in [0.05, 0.1) is 0 Å². The highest BCUT2D eigenvalue weighted by Gasteiger charge is 2.30. The van der Waals surface area contributed by atoms with Crippen LogP contribution in [-0.2, 0) is 20.6 Å². The number of aromatic nitrogens is 4. The van der Waals surface area contributed by atoms with Gasteiger partial charge < -0.3 is 9.47 Å². The van der Waals surface area contributed by atoms with Gasteiger partial charge in [0.2, 0.25) is 0 Å². The van der Waals surface area contributed by atoms with Gasteiger partial charge in [0.15, 0.2) is 0 Å². The van der Waals surface area contributed by atoms with Crippen molar-refractivity contribution in [2.45, 2.75) is 46.1 Å². The molecule has 0 N–H and O–H groups in total. The van der Waals surface area contributed by atoms with Crippen molar-refractivity contribution >= 4 is 5.91 Å². The summed E-state index contributed by atoms with van der Waals surface area (Å²) in [6.45, 7) is 7.30. The third kappa shape index (κ3) is 3.24. The number of carbonyl (C=O) groups excluding carboxylic acids is 1. The molecule has 1 aliphatic rings. The second kappa shape index (κ2) is 7.17. The third-order valence-electron chi connectivity index (χ3n) is 5.63. The Bertz CT molecular complexity index is 998. The highest BCUT2D eigenvalue weighted by atomic mass is 16.2. The summed E-state index contributed by atoms with van der Waals surface area (Å²) in [7, 11) is 3.33. The molecule has 0 saturated carbocycles. The Morgan fingerprint density at radius 1 is 1.26 bits per heavy atom. The first-order chi connectivity index (χ1) is 12.8. The molecule has 0 aliphatic carbocycles. The van der Waals surface area contributed by atoms with Crippen molar-refractivity contribution in [1.29, 1.82) is 0 Å². The summed E-state index contributed by atoms with van der Waals surface area (Å²) >= 11 is 0. The lowest BCUT2D eigenvalue weighted by Gasteiger charge is -2.32. The predicted molar refractivity (Wildman–Crippen MR) is 102 cm³/mol. The summed E-state index contributed by atoms with van der Waals surface area (Å²) in [5.74, 6) is 0.465. The van der Waals surface area contributed by atoms with Crippen molar-refractivity contribution in [3.05, 3.63) is 49.5 Å². The molecular weight excluding hydrogens is 346 g/mol. The maximum atomic E-state index is 13.1. The molecule has 1 atom stereocenters. The first-order valence-corrected chi connectivity index (χ1v) is 9.36. The van der Waals surface area contributed by atoms with E-state index in [2.05, 4.69) is 5.10 Å². The monoisotopic (exact) mass is 373 g/mol. The summed E-state index contributed by atoms with van der Waals surface area (Å²) in [6.07, 6.45) is 1.68. The number of rotatable bonds is 3. The molecule has 2 aromatic heterocycles. The van der Waals surface area contributed by atoms with E-state index in [4.69, 9.17) is 0 Å². The SMILES string of the molecule is CCn1c([C@@H]2CCCN(C(=O)c3cc(C)c(C)n(C)c3=O)C2)nn(C)c1=O. The highest BCUT2D eigenvalue weighted by molar-refractivity contribution is 5.94. The van der Waals surface area contributed by atoms with Gasteiger partial charge in [-0.05, 0) is 45.2 Å². The van der Waals surface area contributed by atoms with Crippen molar-refractivity contribution in [3.63, 3.8) is 0 Å². The highest BCUT2D eigenvalue weighted by Crippen LogP contribution is 2.26. The van der Waals surface area contributed by atoms with Gasteiger partial charge >= 0.3 is 5.69 Å².